The molecule has 1 N–H and O–H groups in total. The first-order chi connectivity index (χ1) is 11.0. The van der Waals surface area contributed by atoms with Crippen molar-refractivity contribution in [3.8, 4) is 0 Å². The van der Waals surface area contributed by atoms with Gasteiger partial charge in [-0.15, -0.1) is 11.3 Å². The van der Waals surface area contributed by atoms with E-state index >= 15 is 0 Å². The standard InChI is InChI=1S/C16H19NO4S2/c18-11-16-5-6-21-9-13(16)8-17(10-16)23(19,20)15-7-12-3-1-2-4-14(12)22-15/h1-4,7,13,18H,5-6,8-11H2/t13-,16-/m1/s1. The second-order valence-corrected chi connectivity index (χ2v) is 9.69. The summed E-state index contributed by atoms with van der Waals surface area (Å²) in [6.07, 6.45) is 0.715. The minimum atomic E-state index is -3.52. The number of fused-ring (bicyclic) bond motifs is 2. The summed E-state index contributed by atoms with van der Waals surface area (Å²) in [5.41, 5.74) is -0.345. The first kappa shape index (κ1) is 15.5. The van der Waals surface area contributed by atoms with E-state index in [4.69, 9.17) is 4.74 Å². The van der Waals surface area contributed by atoms with Crippen LogP contribution < -0.4 is 0 Å². The number of aliphatic hydroxyl groups excluding tert-OH is 1. The molecule has 0 unspecified atom stereocenters. The van der Waals surface area contributed by atoms with E-state index in [1.807, 2.05) is 24.3 Å². The van der Waals surface area contributed by atoms with Crippen molar-refractivity contribution in [2.75, 3.05) is 32.9 Å². The average molecular weight is 353 g/mol. The normalized spacial score (nSPS) is 29.0. The van der Waals surface area contributed by atoms with Gasteiger partial charge in [0.2, 0.25) is 0 Å². The van der Waals surface area contributed by atoms with Gasteiger partial charge in [0.15, 0.2) is 0 Å². The van der Waals surface area contributed by atoms with Gasteiger partial charge < -0.3 is 9.84 Å². The third-order valence-corrected chi connectivity index (χ3v) is 8.53. The van der Waals surface area contributed by atoms with E-state index < -0.39 is 10.0 Å². The molecule has 5 nitrogen and oxygen atoms in total. The lowest BCUT2D eigenvalue weighted by molar-refractivity contribution is -0.0414. The van der Waals surface area contributed by atoms with Gasteiger partial charge in [-0.1, -0.05) is 18.2 Å². The summed E-state index contributed by atoms with van der Waals surface area (Å²) in [5, 5.41) is 10.8. The quantitative estimate of drug-likeness (QED) is 0.915. The topological polar surface area (TPSA) is 66.8 Å². The van der Waals surface area contributed by atoms with Gasteiger partial charge in [0, 0.05) is 35.7 Å². The predicted molar refractivity (Wildman–Crippen MR) is 89.0 cm³/mol. The number of rotatable bonds is 3. The Morgan fingerprint density at radius 3 is 2.96 bits per heavy atom. The summed E-state index contributed by atoms with van der Waals surface area (Å²) in [6.45, 7) is 1.94. The van der Waals surface area contributed by atoms with Crippen molar-refractivity contribution in [3.05, 3.63) is 30.3 Å². The Bertz CT molecular complexity index is 798. The lowest BCUT2D eigenvalue weighted by Crippen LogP contribution is -2.41. The van der Waals surface area contributed by atoms with Crippen molar-refractivity contribution in [3.63, 3.8) is 0 Å². The Morgan fingerprint density at radius 1 is 1.39 bits per heavy atom. The molecule has 0 saturated carbocycles. The summed E-state index contributed by atoms with van der Waals surface area (Å²) < 4.78 is 34.4. The molecule has 0 amide bonds. The SMILES string of the molecule is O=S(=O)(c1cc2ccccc2s1)N1C[C@@H]2COCC[C@]2(CO)C1. The van der Waals surface area contributed by atoms with Crippen LogP contribution in [0.2, 0.25) is 0 Å². The van der Waals surface area contributed by atoms with Crippen LogP contribution in [-0.4, -0.2) is 50.7 Å². The maximum absolute atomic E-state index is 13.0. The van der Waals surface area contributed by atoms with E-state index in [1.165, 1.54) is 15.6 Å². The van der Waals surface area contributed by atoms with E-state index in [9.17, 15) is 13.5 Å². The van der Waals surface area contributed by atoms with Crippen molar-refractivity contribution < 1.29 is 18.3 Å². The fourth-order valence-corrected chi connectivity index (χ4v) is 6.79. The number of hydrogen-bond acceptors (Lipinski definition) is 5. The van der Waals surface area contributed by atoms with Crippen LogP contribution in [0.25, 0.3) is 10.1 Å². The molecule has 7 heteroatoms. The van der Waals surface area contributed by atoms with E-state index in [0.717, 1.165) is 10.1 Å². The van der Waals surface area contributed by atoms with Crippen LogP contribution in [0.5, 0.6) is 0 Å². The smallest absolute Gasteiger partial charge is 0.252 e. The highest BCUT2D eigenvalue weighted by Crippen LogP contribution is 2.44. The second kappa shape index (κ2) is 5.53. The Balaban J connectivity index is 1.69. The second-order valence-electron chi connectivity index (χ2n) is 6.44. The van der Waals surface area contributed by atoms with Crippen molar-refractivity contribution in [1.29, 1.82) is 0 Å². The first-order valence-electron chi connectivity index (χ1n) is 7.72. The number of aliphatic hydroxyl groups is 1. The molecule has 2 aliphatic heterocycles. The van der Waals surface area contributed by atoms with Gasteiger partial charge in [-0.2, -0.15) is 4.31 Å². The largest absolute Gasteiger partial charge is 0.396 e. The van der Waals surface area contributed by atoms with Crippen LogP contribution in [0.4, 0.5) is 0 Å². The molecule has 1 aromatic heterocycles. The third kappa shape index (κ3) is 2.42. The summed E-state index contributed by atoms with van der Waals surface area (Å²) in [6, 6.07) is 9.44. The molecule has 23 heavy (non-hydrogen) atoms. The molecule has 2 saturated heterocycles. The average Bonchev–Trinajstić information content (AvgIpc) is 3.17. The first-order valence-corrected chi connectivity index (χ1v) is 9.98. The maximum atomic E-state index is 13.0. The number of nitrogens with zero attached hydrogens (tertiary/aromatic N) is 1. The zero-order valence-corrected chi connectivity index (χ0v) is 14.3. The maximum Gasteiger partial charge on any atom is 0.252 e. The third-order valence-electron chi connectivity index (χ3n) is 5.16. The zero-order valence-electron chi connectivity index (χ0n) is 12.6. The minimum absolute atomic E-state index is 0.0134. The van der Waals surface area contributed by atoms with Gasteiger partial charge in [-0.05, 0) is 23.9 Å². The number of sulfonamides is 1. The fourth-order valence-electron chi connectivity index (χ4n) is 3.65. The highest BCUT2D eigenvalue weighted by atomic mass is 32.2. The summed E-state index contributed by atoms with van der Waals surface area (Å²) >= 11 is 1.31. The Morgan fingerprint density at radius 2 is 2.22 bits per heavy atom. The number of hydrogen-bond donors (Lipinski definition) is 1. The molecule has 0 aliphatic carbocycles. The molecule has 2 aromatic rings. The highest BCUT2D eigenvalue weighted by molar-refractivity contribution is 7.91. The predicted octanol–water partition coefficient (Wildman–Crippen LogP) is 1.92. The molecule has 4 rings (SSSR count). The molecule has 0 bridgehead atoms. The lowest BCUT2D eigenvalue weighted by atomic mass is 9.75. The van der Waals surface area contributed by atoms with Crippen LogP contribution >= 0.6 is 11.3 Å². The lowest BCUT2D eigenvalue weighted by Gasteiger charge is -2.36. The fraction of sp³-hybridized carbons (Fsp3) is 0.500. The number of ether oxygens (including phenoxy) is 1. The van der Waals surface area contributed by atoms with Gasteiger partial charge in [-0.25, -0.2) is 8.42 Å². The van der Waals surface area contributed by atoms with Gasteiger partial charge >= 0.3 is 0 Å². The summed E-state index contributed by atoms with van der Waals surface area (Å²) in [7, 11) is -3.52. The van der Waals surface area contributed by atoms with E-state index in [0.29, 0.717) is 36.9 Å². The van der Waals surface area contributed by atoms with Crippen LogP contribution in [0.1, 0.15) is 6.42 Å². The molecular weight excluding hydrogens is 334 g/mol. The van der Waals surface area contributed by atoms with Gasteiger partial charge in [-0.3, -0.25) is 0 Å². The monoisotopic (exact) mass is 353 g/mol. The molecular formula is C16H19NO4S2. The van der Waals surface area contributed by atoms with Crippen LogP contribution in [0, 0.1) is 11.3 Å². The van der Waals surface area contributed by atoms with Crippen molar-refractivity contribution in [1.82, 2.24) is 4.31 Å². The number of thiophene rings is 1. The molecule has 1 aromatic carbocycles. The van der Waals surface area contributed by atoms with Crippen molar-refractivity contribution in [2.24, 2.45) is 11.3 Å². The van der Waals surface area contributed by atoms with E-state index in [2.05, 4.69) is 0 Å². The number of benzene rings is 1. The highest BCUT2D eigenvalue weighted by Gasteiger charge is 2.51. The molecule has 124 valence electrons. The van der Waals surface area contributed by atoms with E-state index in [1.54, 1.807) is 6.07 Å². The van der Waals surface area contributed by atoms with E-state index in [-0.39, 0.29) is 17.9 Å². The summed E-state index contributed by atoms with van der Waals surface area (Å²) in [4.78, 5) is 0. The Kier molecular flexibility index (Phi) is 3.73. The Labute approximate surface area is 139 Å². The zero-order chi connectivity index (χ0) is 16.1. The molecule has 2 fully saturated rings. The summed E-state index contributed by atoms with van der Waals surface area (Å²) in [5.74, 6) is 0.0744. The molecule has 2 aliphatic rings. The Hall–Kier alpha value is -0.990. The van der Waals surface area contributed by atoms with Crippen LogP contribution in [-0.2, 0) is 14.8 Å². The van der Waals surface area contributed by atoms with Gasteiger partial charge in [0.1, 0.15) is 4.21 Å². The molecule has 3 heterocycles. The van der Waals surface area contributed by atoms with Crippen LogP contribution in [0.15, 0.2) is 34.5 Å². The molecule has 0 radical (unpaired) electrons. The van der Waals surface area contributed by atoms with Crippen LogP contribution in [0.3, 0.4) is 0 Å². The van der Waals surface area contributed by atoms with Gasteiger partial charge in [0.25, 0.3) is 10.0 Å². The molecule has 0 spiro atoms. The van der Waals surface area contributed by atoms with Crippen molar-refractivity contribution >= 4 is 31.4 Å². The minimum Gasteiger partial charge on any atom is -0.396 e. The molecule has 2 atom stereocenters. The van der Waals surface area contributed by atoms with Crippen molar-refractivity contribution in [2.45, 2.75) is 10.6 Å². The van der Waals surface area contributed by atoms with Gasteiger partial charge in [0.05, 0.1) is 13.2 Å².